The van der Waals surface area contributed by atoms with E-state index in [2.05, 4.69) is 30.7 Å². The summed E-state index contributed by atoms with van der Waals surface area (Å²) in [7, 11) is 0. The third-order valence-corrected chi connectivity index (χ3v) is 5.33. The highest BCUT2D eigenvalue weighted by molar-refractivity contribution is 6.30. The third-order valence-electron chi connectivity index (χ3n) is 5.11. The minimum absolute atomic E-state index is 0.176. The van der Waals surface area contributed by atoms with Gasteiger partial charge in [0.1, 0.15) is 24.7 Å². The second-order valence-corrected chi connectivity index (χ2v) is 7.64. The quantitative estimate of drug-likeness (QED) is 0.461. The summed E-state index contributed by atoms with van der Waals surface area (Å²) in [5.74, 6) is 1.27. The molecule has 3 rings (SSSR count). The van der Waals surface area contributed by atoms with E-state index in [0.29, 0.717) is 23.4 Å². The van der Waals surface area contributed by atoms with Crippen LogP contribution in [0.15, 0.2) is 65.7 Å². The number of hydrogen-bond donors (Lipinski definition) is 0. The molecular formula is C24H28ClN3O3. The number of rotatable bonds is 10. The highest BCUT2D eigenvalue weighted by Crippen LogP contribution is 2.17. The fourth-order valence-corrected chi connectivity index (χ4v) is 3.40. The van der Waals surface area contributed by atoms with E-state index >= 15 is 0 Å². The third kappa shape index (κ3) is 6.32. The number of pyridine rings is 2. The number of hydrogen-bond acceptors (Lipinski definition) is 5. The van der Waals surface area contributed by atoms with Crippen LogP contribution in [0, 0.1) is 0 Å². The largest absolute Gasteiger partial charge is 0.492 e. The minimum atomic E-state index is -0.176. The molecule has 0 amide bonds. The van der Waals surface area contributed by atoms with E-state index in [-0.39, 0.29) is 12.2 Å². The van der Waals surface area contributed by atoms with Gasteiger partial charge in [-0.3, -0.25) is 19.2 Å². The average Bonchev–Trinajstić information content (AvgIpc) is 2.79. The standard InChI is InChI=1S/C24H28ClN3O3/c1-4-27(5-2)18(3)16-30-22-10-8-21(9-11-22)28-13-12-23(14-24(28)29)31-17-20-7-6-19(25)15-26-20/h6-15,18H,4-5,16-17H2,1-3H3/t18-/m1/s1. The van der Waals surface area contributed by atoms with Crippen LogP contribution in [-0.2, 0) is 6.61 Å². The van der Waals surface area contributed by atoms with Crippen LogP contribution in [-0.4, -0.2) is 40.2 Å². The van der Waals surface area contributed by atoms with Gasteiger partial charge in [-0.05, 0) is 62.5 Å². The summed E-state index contributed by atoms with van der Waals surface area (Å²) in [5, 5.41) is 0.571. The molecule has 31 heavy (non-hydrogen) atoms. The van der Waals surface area contributed by atoms with Gasteiger partial charge in [0.05, 0.1) is 10.7 Å². The maximum Gasteiger partial charge on any atom is 0.258 e. The van der Waals surface area contributed by atoms with Crippen molar-refractivity contribution in [3.8, 4) is 17.2 Å². The molecule has 7 heteroatoms. The van der Waals surface area contributed by atoms with Crippen molar-refractivity contribution in [1.82, 2.24) is 14.5 Å². The van der Waals surface area contributed by atoms with Gasteiger partial charge < -0.3 is 9.47 Å². The number of nitrogens with zero attached hydrogens (tertiary/aromatic N) is 3. The predicted molar refractivity (Wildman–Crippen MR) is 123 cm³/mol. The summed E-state index contributed by atoms with van der Waals surface area (Å²) in [6, 6.07) is 14.6. The Labute approximate surface area is 188 Å². The average molecular weight is 442 g/mol. The SMILES string of the molecule is CCN(CC)[C@H](C)COc1ccc(-n2ccc(OCc3ccc(Cl)cn3)cc2=O)cc1. The Bertz CT molecular complexity index is 1020. The summed E-state index contributed by atoms with van der Waals surface area (Å²) < 4.78 is 13.1. The molecule has 1 aromatic carbocycles. The van der Waals surface area contributed by atoms with Gasteiger partial charge in [-0.1, -0.05) is 25.4 Å². The van der Waals surface area contributed by atoms with Crippen LogP contribution < -0.4 is 15.0 Å². The first-order chi connectivity index (χ1) is 15.0. The van der Waals surface area contributed by atoms with Gasteiger partial charge in [-0.15, -0.1) is 0 Å². The zero-order valence-corrected chi connectivity index (χ0v) is 18.9. The van der Waals surface area contributed by atoms with Crippen LogP contribution in [0.2, 0.25) is 5.02 Å². The molecule has 0 aliphatic heterocycles. The van der Waals surface area contributed by atoms with Crippen molar-refractivity contribution < 1.29 is 9.47 Å². The molecule has 0 unspecified atom stereocenters. The number of ether oxygens (including phenoxy) is 2. The Kier molecular flexibility index (Phi) is 8.09. The predicted octanol–water partition coefficient (Wildman–Crippen LogP) is 4.57. The fraction of sp³-hybridized carbons (Fsp3) is 0.333. The summed E-state index contributed by atoms with van der Waals surface area (Å²) in [4.78, 5) is 19.1. The Morgan fingerprint density at radius 3 is 2.39 bits per heavy atom. The fourth-order valence-electron chi connectivity index (χ4n) is 3.29. The number of benzene rings is 1. The Morgan fingerprint density at radius 1 is 1.03 bits per heavy atom. The van der Waals surface area contributed by atoms with Gasteiger partial charge in [0.2, 0.25) is 0 Å². The lowest BCUT2D eigenvalue weighted by atomic mass is 10.2. The summed E-state index contributed by atoms with van der Waals surface area (Å²) in [5.41, 5.74) is 1.32. The van der Waals surface area contributed by atoms with Crippen molar-refractivity contribution in [2.24, 2.45) is 0 Å². The van der Waals surface area contributed by atoms with Crippen LogP contribution in [0.4, 0.5) is 0 Å². The van der Waals surface area contributed by atoms with E-state index in [1.165, 1.54) is 6.07 Å². The number of likely N-dealkylation sites (N-methyl/N-ethyl adjacent to an activating group) is 1. The molecule has 0 saturated heterocycles. The molecule has 0 aliphatic carbocycles. The lowest BCUT2D eigenvalue weighted by Gasteiger charge is -2.26. The Balaban J connectivity index is 1.60. The van der Waals surface area contributed by atoms with Crippen LogP contribution in [0.25, 0.3) is 5.69 Å². The van der Waals surface area contributed by atoms with E-state index in [9.17, 15) is 4.79 Å². The van der Waals surface area contributed by atoms with Gasteiger partial charge >= 0.3 is 0 Å². The monoisotopic (exact) mass is 441 g/mol. The first-order valence-electron chi connectivity index (χ1n) is 10.4. The maximum atomic E-state index is 12.6. The molecule has 6 nitrogen and oxygen atoms in total. The normalized spacial score (nSPS) is 12.0. The zero-order chi connectivity index (χ0) is 22.2. The second kappa shape index (κ2) is 11.0. The molecule has 0 spiro atoms. The van der Waals surface area contributed by atoms with Gasteiger partial charge in [-0.2, -0.15) is 0 Å². The molecular weight excluding hydrogens is 414 g/mol. The van der Waals surface area contributed by atoms with Crippen molar-refractivity contribution in [3.63, 3.8) is 0 Å². The molecule has 0 saturated carbocycles. The summed E-state index contributed by atoms with van der Waals surface area (Å²) in [6.45, 7) is 9.34. The van der Waals surface area contributed by atoms with Gasteiger partial charge in [0, 0.05) is 30.2 Å². The zero-order valence-electron chi connectivity index (χ0n) is 18.1. The molecule has 0 fully saturated rings. The smallest absolute Gasteiger partial charge is 0.258 e. The van der Waals surface area contributed by atoms with Crippen LogP contribution in [0.1, 0.15) is 26.5 Å². The van der Waals surface area contributed by atoms with Crippen LogP contribution >= 0.6 is 11.6 Å². The van der Waals surface area contributed by atoms with E-state index in [1.807, 2.05) is 24.3 Å². The summed E-state index contributed by atoms with van der Waals surface area (Å²) >= 11 is 5.83. The molecule has 2 heterocycles. The number of halogens is 1. The topological polar surface area (TPSA) is 56.6 Å². The molecule has 164 valence electrons. The van der Waals surface area contributed by atoms with Crippen molar-refractivity contribution in [2.75, 3.05) is 19.7 Å². The second-order valence-electron chi connectivity index (χ2n) is 7.20. The minimum Gasteiger partial charge on any atom is -0.492 e. The molecule has 0 aliphatic rings. The molecule has 2 aromatic heterocycles. The van der Waals surface area contributed by atoms with Gasteiger partial charge in [0.25, 0.3) is 5.56 Å². The summed E-state index contributed by atoms with van der Waals surface area (Å²) in [6.07, 6.45) is 3.27. The lowest BCUT2D eigenvalue weighted by molar-refractivity contribution is 0.158. The lowest BCUT2D eigenvalue weighted by Crippen LogP contribution is -2.36. The van der Waals surface area contributed by atoms with Crippen molar-refractivity contribution in [2.45, 2.75) is 33.4 Å². The van der Waals surface area contributed by atoms with Gasteiger partial charge in [0.15, 0.2) is 0 Å². The first-order valence-corrected chi connectivity index (χ1v) is 10.8. The highest BCUT2D eigenvalue weighted by Gasteiger charge is 2.11. The van der Waals surface area contributed by atoms with E-state index in [0.717, 1.165) is 30.2 Å². The molecule has 0 radical (unpaired) electrons. The Morgan fingerprint density at radius 2 is 1.77 bits per heavy atom. The number of aromatic nitrogens is 2. The van der Waals surface area contributed by atoms with Crippen molar-refractivity contribution >= 4 is 11.6 Å². The van der Waals surface area contributed by atoms with Crippen LogP contribution in [0.5, 0.6) is 11.5 Å². The first kappa shape index (κ1) is 22.8. The van der Waals surface area contributed by atoms with E-state index in [1.54, 1.807) is 35.2 Å². The van der Waals surface area contributed by atoms with E-state index in [4.69, 9.17) is 21.1 Å². The molecule has 3 aromatic rings. The van der Waals surface area contributed by atoms with Gasteiger partial charge in [-0.25, -0.2) is 0 Å². The maximum absolute atomic E-state index is 12.6. The van der Waals surface area contributed by atoms with E-state index < -0.39 is 0 Å². The highest BCUT2D eigenvalue weighted by atomic mass is 35.5. The van der Waals surface area contributed by atoms with Crippen LogP contribution in [0.3, 0.4) is 0 Å². The molecule has 0 N–H and O–H groups in total. The van der Waals surface area contributed by atoms with Crippen molar-refractivity contribution in [3.05, 3.63) is 82.0 Å². The Hall–Kier alpha value is -2.83. The van der Waals surface area contributed by atoms with Crippen molar-refractivity contribution in [1.29, 1.82) is 0 Å². The molecule has 0 bridgehead atoms. The molecule has 1 atom stereocenters.